The van der Waals surface area contributed by atoms with Crippen LogP contribution in [0, 0.1) is 20.8 Å². The highest BCUT2D eigenvalue weighted by Gasteiger charge is 2.28. The molecule has 0 aliphatic carbocycles. The molecule has 9 heteroatoms. The summed E-state index contributed by atoms with van der Waals surface area (Å²) in [6.07, 6.45) is 5.02. The Balaban J connectivity index is 1.56. The Hall–Kier alpha value is -2.23. The summed E-state index contributed by atoms with van der Waals surface area (Å²) in [6.45, 7) is 7.67. The zero-order valence-electron chi connectivity index (χ0n) is 16.8. The molecule has 0 aromatic carbocycles. The highest BCUT2D eigenvalue weighted by molar-refractivity contribution is 7.15. The van der Waals surface area contributed by atoms with E-state index in [0.717, 1.165) is 59.4 Å². The van der Waals surface area contributed by atoms with Gasteiger partial charge in [0.05, 0.1) is 16.7 Å². The number of nitrogens with one attached hydrogen (secondary N) is 1. The van der Waals surface area contributed by atoms with E-state index in [9.17, 15) is 4.79 Å². The van der Waals surface area contributed by atoms with Crippen LogP contribution in [-0.4, -0.2) is 37.3 Å². The SMILES string of the molecule is Cc1cc(C(=O)Nc2ncc(C)s2)nc(C2CCCCN2Cc2csc(C)n2)n1. The van der Waals surface area contributed by atoms with Crippen molar-refractivity contribution in [2.45, 2.75) is 52.6 Å². The van der Waals surface area contributed by atoms with Gasteiger partial charge in [-0.05, 0) is 46.2 Å². The molecule has 4 heterocycles. The van der Waals surface area contributed by atoms with E-state index in [2.05, 4.69) is 35.5 Å². The summed E-state index contributed by atoms with van der Waals surface area (Å²) in [5.41, 5.74) is 2.27. The molecular weight excluding hydrogens is 404 g/mol. The van der Waals surface area contributed by atoms with Crippen LogP contribution in [0.2, 0.25) is 0 Å². The smallest absolute Gasteiger partial charge is 0.276 e. The van der Waals surface area contributed by atoms with E-state index < -0.39 is 0 Å². The Morgan fingerprint density at radius 2 is 2.10 bits per heavy atom. The van der Waals surface area contributed by atoms with Crippen LogP contribution >= 0.6 is 22.7 Å². The van der Waals surface area contributed by atoms with Crippen molar-refractivity contribution >= 4 is 33.7 Å². The van der Waals surface area contributed by atoms with E-state index in [-0.39, 0.29) is 11.9 Å². The lowest BCUT2D eigenvalue weighted by atomic mass is 10.0. The number of amides is 1. The molecule has 4 rings (SSSR count). The lowest BCUT2D eigenvalue weighted by Gasteiger charge is -2.34. The number of nitrogens with zero attached hydrogens (tertiary/aromatic N) is 5. The molecule has 1 aliphatic rings. The van der Waals surface area contributed by atoms with Gasteiger partial charge >= 0.3 is 0 Å². The molecule has 1 aliphatic heterocycles. The maximum absolute atomic E-state index is 12.7. The van der Waals surface area contributed by atoms with Crippen LogP contribution in [0.25, 0.3) is 0 Å². The van der Waals surface area contributed by atoms with Crippen LogP contribution in [0.15, 0.2) is 17.6 Å². The maximum Gasteiger partial charge on any atom is 0.276 e. The van der Waals surface area contributed by atoms with Gasteiger partial charge in [-0.1, -0.05) is 6.42 Å². The molecule has 1 fully saturated rings. The first-order valence-corrected chi connectivity index (χ1v) is 11.4. The first kappa shape index (κ1) is 20.1. The summed E-state index contributed by atoms with van der Waals surface area (Å²) < 4.78 is 0. The molecule has 1 atom stereocenters. The van der Waals surface area contributed by atoms with Crippen LogP contribution < -0.4 is 5.32 Å². The van der Waals surface area contributed by atoms with Gasteiger partial charge in [0.15, 0.2) is 5.13 Å². The van der Waals surface area contributed by atoms with Gasteiger partial charge in [-0.15, -0.1) is 22.7 Å². The Bertz CT molecular complexity index is 1010. The molecule has 152 valence electrons. The summed E-state index contributed by atoms with van der Waals surface area (Å²) in [7, 11) is 0. The first-order chi connectivity index (χ1) is 14.0. The zero-order chi connectivity index (χ0) is 20.4. The minimum Gasteiger partial charge on any atom is -0.296 e. The maximum atomic E-state index is 12.7. The lowest BCUT2D eigenvalue weighted by molar-refractivity contribution is 0.101. The van der Waals surface area contributed by atoms with Gasteiger partial charge < -0.3 is 0 Å². The number of hydrogen-bond acceptors (Lipinski definition) is 8. The molecule has 0 saturated carbocycles. The molecule has 29 heavy (non-hydrogen) atoms. The Kier molecular flexibility index (Phi) is 5.98. The number of likely N-dealkylation sites (tertiary alicyclic amines) is 1. The molecule has 1 amide bonds. The fourth-order valence-corrected chi connectivity index (χ4v) is 4.86. The number of rotatable bonds is 5. The average molecular weight is 429 g/mol. The van der Waals surface area contributed by atoms with Crippen molar-refractivity contribution in [2.24, 2.45) is 0 Å². The second-order valence-corrected chi connectivity index (χ2v) is 9.62. The summed E-state index contributed by atoms with van der Waals surface area (Å²) in [5.74, 6) is 0.473. The lowest BCUT2D eigenvalue weighted by Crippen LogP contribution is -2.34. The quantitative estimate of drug-likeness (QED) is 0.652. The van der Waals surface area contributed by atoms with Crippen molar-refractivity contribution in [2.75, 3.05) is 11.9 Å². The number of aromatic nitrogens is 4. The first-order valence-electron chi connectivity index (χ1n) is 9.72. The molecule has 0 bridgehead atoms. The van der Waals surface area contributed by atoms with Crippen molar-refractivity contribution in [1.82, 2.24) is 24.8 Å². The van der Waals surface area contributed by atoms with Crippen molar-refractivity contribution in [3.8, 4) is 0 Å². The summed E-state index contributed by atoms with van der Waals surface area (Å²) >= 11 is 3.12. The predicted octanol–water partition coefficient (Wildman–Crippen LogP) is 4.29. The largest absolute Gasteiger partial charge is 0.296 e. The van der Waals surface area contributed by atoms with Crippen molar-refractivity contribution < 1.29 is 4.79 Å². The third-order valence-corrected chi connectivity index (χ3v) is 6.54. The standard InChI is InChI=1S/C20H24N6OS2/c1-12-8-16(19(27)25-20-21-9-13(2)29-20)24-18(22-12)17-6-4-5-7-26(17)10-15-11-28-14(3)23-15/h8-9,11,17H,4-7,10H2,1-3H3,(H,21,25,27). The molecule has 0 spiro atoms. The predicted molar refractivity (Wildman–Crippen MR) is 115 cm³/mol. The van der Waals surface area contributed by atoms with E-state index in [4.69, 9.17) is 0 Å². The molecule has 3 aromatic heterocycles. The van der Waals surface area contributed by atoms with Gasteiger partial charge in [0.1, 0.15) is 11.5 Å². The molecule has 1 N–H and O–H groups in total. The van der Waals surface area contributed by atoms with E-state index in [1.165, 1.54) is 11.3 Å². The summed E-state index contributed by atoms with van der Waals surface area (Å²) in [4.78, 5) is 34.3. The minimum atomic E-state index is -0.247. The average Bonchev–Trinajstić information content (AvgIpc) is 3.29. The fraction of sp³-hybridized carbons (Fsp3) is 0.450. The highest BCUT2D eigenvalue weighted by Crippen LogP contribution is 2.31. The van der Waals surface area contributed by atoms with Crippen molar-refractivity contribution in [1.29, 1.82) is 0 Å². The van der Waals surface area contributed by atoms with Crippen LogP contribution in [0.4, 0.5) is 5.13 Å². The van der Waals surface area contributed by atoms with E-state index in [0.29, 0.717) is 10.8 Å². The molecule has 0 radical (unpaired) electrons. The third-order valence-electron chi connectivity index (χ3n) is 4.89. The molecule has 7 nitrogen and oxygen atoms in total. The van der Waals surface area contributed by atoms with Gasteiger partial charge in [0, 0.05) is 28.7 Å². The second-order valence-electron chi connectivity index (χ2n) is 7.32. The number of aryl methyl sites for hydroxylation is 3. The van der Waals surface area contributed by atoms with Gasteiger partial charge in [0.2, 0.25) is 0 Å². The molecule has 1 unspecified atom stereocenters. The number of thiazole rings is 2. The van der Waals surface area contributed by atoms with Crippen LogP contribution in [-0.2, 0) is 6.54 Å². The number of carbonyl (C=O) groups excluding carboxylic acids is 1. The van der Waals surface area contributed by atoms with Gasteiger partial charge in [-0.25, -0.2) is 19.9 Å². The normalized spacial score (nSPS) is 17.4. The molecule has 3 aromatic rings. The van der Waals surface area contributed by atoms with Crippen molar-refractivity contribution in [3.63, 3.8) is 0 Å². The van der Waals surface area contributed by atoms with Gasteiger partial charge in [0.25, 0.3) is 5.91 Å². The van der Waals surface area contributed by atoms with Gasteiger partial charge in [-0.3, -0.25) is 15.0 Å². The summed E-state index contributed by atoms with van der Waals surface area (Å²) in [6, 6.07) is 1.83. The fourth-order valence-electron chi connectivity index (χ4n) is 3.59. The van der Waals surface area contributed by atoms with Crippen molar-refractivity contribution in [3.05, 3.63) is 50.4 Å². The van der Waals surface area contributed by atoms with E-state index >= 15 is 0 Å². The molecule has 1 saturated heterocycles. The number of carbonyl (C=O) groups is 1. The monoisotopic (exact) mass is 428 g/mol. The van der Waals surface area contributed by atoms with Crippen LogP contribution in [0.3, 0.4) is 0 Å². The van der Waals surface area contributed by atoms with E-state index in [1.54, 1.807) is 23.6 Å². The Labute approximate surface area is 178 Å². The Morgan fingerprint density at radius 1 is 1.24 bits per heavy atom. The minimum absolute atomic E-state index is 0.0966. The third kappa shape index (κ3) is 4.85. The molecular formula is C20H24N6OS2. The van der Waals surface area contributed by atoms with E-state index in [1.807, 2.05) is 20.8 Å². The van der Waals surface area contributed by atoms with Crippen LogP contribution in [0.1, 0.15) is 62.9 Å². The number of hydrogen-bond donors (Lipinski definition) is 1. The second kappa shape index (κ2) is 8.64. The van der Waals surface area contributed by atoms with Crippen LogP contribution in [0.5, 0.6) is 0 Å². The summed E-state index contributed by atoms with van der Waals surface area (Å²) in [5, 5.41) is 6.63. The Morgan fingerprint density at radius 3 is 2.83 bits per heavy atom. The topological polar surface area (TPSA) is 83.9 Å². The highest BCUT2D eigenvalue weighted by atomic mass is 32.1. The van der Waals surface area contributed by atoms with Gasteiger partial charge in [-0.2, -0.15) is 0 Å². The zero-order valence-corrected chi connectivity index (χ0v) is 18.4. The number of piperidine rings is 1. The number of anilines is 1.